The molecule has 0 aliphatic carbocycles. The number of hydrogen-bond acceptors (Lipinski definition) is 6. The molecule has 0 saturated heterocycles. The standard InChI is InChI=1S/C12H15IO6Se.Ba/c13-19-17-7-10(6-14)18-11(20)8-16-12(15)9-4-2-1-3-5-9;/h1-5,10-11,14,20H,6-8H2;/q;+1/p-1. The van der Waals surface area contributed by atoms with Crippen molar-refractivity contribution in [2.24, 2.45) is 0 Å². The van der Waals surface area contributed by atoms with Gasteiger partial charge in [-0.25, -0.2) is 0 Å². The first-order valence-electron chi connectivity index (χ1n) is 6.00. The first-order chi connectivity index (χ1) is 10.2. The van der Waals surface area contributed by atoms with E-state index in [2.05, 4.69) is 3.22 Å². The first-order valence-corrected chi connectivity index (χ1v) is 18.5. The van der Waals surface area contributed by atoms with E-state index in [0.29, 0.717) is 48.6 Å². The molecule has 0 saturated carbocycles. The van der Waals surface area contributed by atoms with Gasteiger partial charge in [-0.3, -0.25) is 0 Å². The molecule has 1 aromatic rings. The Morgan fingerprint density at radius 2 is 2.05 bits per heavy atom. The van der Waals surface area contributed by atoms with Gasteiger partial charge in [0.05, 0.1) is 0 Å². The van der Waals surface area contributed by atoms with Crippen LogP contribution in [0.25, 0.3) is 0 Å². The van der Waals surface area contributed by atoms with Crippen LogP contribution < -0.4 is 0 Å². The fourth-order valence-electron chi connectivity index (χ4n) is 1.38. The van der Waals surface area contributed by atoms with Gasteiger partial charge < -0.3 is 0 Å². The molecular weight excluding hydrogens is 583 g/mol. The minimum atomic E-state index is -0.481. The number of rotatable bonds is 10. The van der Waals surface area contributed by atoms with Gasteiger partial charge in [-0.1, -0.05) is 0 Å². The zero-order valence-corrected chi connectivity index (χ0v) is 19.5. The Kier molecular flexibility index (Phi) is 12.4. The number of carbonyl (C=O) groups is 1. The van der Waals surface area contributed by atoms with E-state index in [4.69, 9.17) is 14.4 Å². The summed E-state index contributed by atoms with van der Waals surface area (Å²) in [5.74, 6) is -0.367. The molecule has 0 aromatic heterocycles. The molecule has 21 heavy (non-hydrogen) atoms. The molecule has 0 aliphatic heterocycles. The SMILES string of the molecule is O=C(OCC(OC(CO)COOI)[Se][Ba])c1ccccc1. The molecule has 2 unspecified atom stereocenters. The fourth-order valence-corrected chi connectivity index (χ4v) is 5.22. The van der Waals surface area contributed by atoms with Crippen LogP contribution in [-0.4, -0.2) is 91.2 Å². The predicted molar refractivity (Wildman–Crippen MR) is 85.0 cm³/mol. The summed E-state index contributed by atoms with van der Waals surface area (Å²) in [7, 11) is 0. The Morgan fingerprint density at radius 3 is 2.62 bits per heavy atom. The van der Waals surface area contributed by atoms with Gasteiger partial charge in [0.2, 0.25) is 0 Å². The Labute approximate surface area is 170 Å². The number of hydrogen-bond donors (Lipinski definition) is 1. The molecular formula is C12H14BaIO6Se. The van der Waals surface area contributed by atoms with Gasteiger partial charge in [-0.2, -0.15) is 0 Å². The molecule has 0 heterocycles. The van der Waals surface area contributed by atoms with Gasteiger partial charge in [0, 0.05) is 0 Å². The van der Waals surface area contributed by atoms with Crippen molar-refractivity contribution in [1.29, 1.82) is 0 Å². The van der Waals surface area contributed by atoms with E-state index < -0.39 is 6.10 Å². The van der Waals surface area contributed by atoms with Crippen molar-refractivity contribution >= 4 is 78.2 Å². The van der Waals surface area contributed by atoms with E-state index in [9.17, 15) is 9.90 Å². The van der Waals surface area contributed by atoms with Crippen molar-refractivity contribution < 1.29 is 27.5 Å². The summed E-state index contributed by atoms with van der Waals surface area (Å²) in [5, 5.41) is 9.04. The fraction of sp³-hybridized carbons (Fsp3) is 0.417. The predicted octanol–water partition coefficient (Wildman–Crippen LogP) is 0.633. The van der Waals surface area contributed by atoms with E-state index in [0.717, 1.165) is 0 Å². The molecule has 1 aromatic carbocycles. The van der Waals surface area contributed by atoms with Crippen LogP contribution in [0.2, 0.25) is 0 Å². The Morgan fingerprint density at radius 1 is 1.33 bits per heavy atom. The van der Waals surface area contributed by atoms with E-state index in [1.165, 1.54) is 0 Å². The monoisotopic (exact) mass is 599 g/mol. The summed E-state index contributed by atoms with van der Waals surface area (Å²) in [4.78, 5) is 16.6. The van der Waals surface area contributed by atoms with Crippen LogP contribution in [0.5, 0.6) is 0 Å². The third-order valence-electron chi connectivity index (χ3n) is 2.39. The Balaban J connectivity index is 2.41. The number of aliphatic hydroxyl groups is 1. The molecule has 0 amide bonds. The van der Waals surface area contributed by atoms with Gasteiger partial charge in [-0.15, -0.1) is 0 Å². The van der Waals surface area contributed by atoms with Crippen LogP contribution in [0, 0.1) is 0 Å². The van der Waals surface area contributed by atoms with Crippen molar-refractivity contribution in [3.8, 4) is 0 Å². The summed E-state index contributed by atoms with van der Waals surface area (Å²) in [6.45, 7) is 0.151. The number of aliphatic hydroxyl groups excluding tert-OH is 1. The molecule has 9 heteroatoms. The van der Waals surface area contributed by atoms with Crippen molar-refractivity contribution in [2.45, 2.75) is 11.1 Å². The van der Waals surface area contributed by atoms with Crippen LogP contribution in [0.4, 0.5) is 0 Å². The van der Waals surface area contributed by atoms with Crippen LogP contribution in [0.1, 0.15) is 10.4 Å². The quantitative estimate of drug-likeness (QED) is 0.140. The zero-order valence-electron chi connectivity index (χ0n) is 11.1. The van der Waals surface area contributed by atoms with Gasteiger partial charge in [0.25, 0.3) is 0 Å². The molecule has 113 valence electrons. The second kappa shape index (κ2) is 12.7. The topological polar surface area (TPSA) is 74.2 Å². The summed E-state index contributed by atoms with van der Waals surface area (Å²) in [6.07, 6.45) is -0.194. The molecule has 6 nitrogen and oxygen atoms in total. The van der Waals surface area contributed by atoms with Gasteiger partial charge in [0.15, 0.2) is 0 Å². The van der Waals surface area contributed by atoms with Crippen molar-refractivity contribution in [1.82, 2.24) is 0 Å². The Bertz CT molecular complexity index is 410. The van der Waals surface area contributed by atoms with Crippen LogP contribution in [0.3, 0.4) is 0 Å². The third kappa shape index (κ3) is 8.68. The molecule has 1 N–H and O–H groups in total. The first kappa shape index (κ1) is 20.4. The number of esters is 1. The molecule has 0 aliphatic rings. The zero-order chi connectivity index (χ0) is 15.5. The summed E-state index contributed by atoms with van der Waals surface area (Å²) in [5.41, 5.74) is 0.516. The minimum absolute atomic E-state index is 0.131. The van der Waals surface area contributed by atoms with Gasteiger partial charge in [0.1, 0.15) is 0 Å². The van der Waals surface area contributed by atoms with E-state index in [1.54, 1.807) is 47.3 Å². The number of ether oxygens (including phenoxy) is 2. The van der Waals surface area contributed by atoms with Crippen molar-refractivity contribution in [3.05, 3.63) is 35.9 Å². The van der Waals surface area contributed by atoms with Crippen LogP contribution >= 0.6 is 23.0 Å². The maximum absolute atomic E-state index is 11.8. The maximum atomic E-state index is 11.8. The normalized spacial score (nSPS) is 13.6. The van der Waals surface area contributed by atoms with Gasteiger partial charge >= 0.3 is 173 Å². The van der Waals surface area contributed by atoms with Crippen molar-refractivity contribution in [2.75, 3.05) is 19.8 Å². The summed E-state index contributed by atoms with van der Waals surface area (Å²) < 4.78 is 15.4. The third-order valence-corrected chi connectivity index (χ3v) is 10.0. The summed E-state index contributed by atoms with van der Waals surface area (Å²) >= 11 is 2.15. The average Bonchev–Trinajstić information content (AvgIpc) is 2.54. The molecule has 0 bridgehead atoms. The second-order valence-electron chi connectivity index (χ2n) is 3.85. The van der Waals surface area contributed by atoms with E-state index in [-0.39, 0.29) is 37.0 Å². The van der Waals surface area contributed by atoms with Gasteiger partial charge in [-0.05, 0) is 0 Å². The Hall–Kier alpha value is 1.35. The molecule has 2 atom stereocenters. The molecule has 1 rings (SSSR count). The van der Waals surface area contributed by atoms with E-state index >= 15 is 0 Å². The van der Waals surface area contributed by atoms with Crippen LogP contribution in [0.15, 0.2) is 30.3 Å². The summed E-state index contributed by atoms with van der Waals surface area (Å²) in [6, 6.07) is 8.82. The number of halogens is 1. The number of carbonyl (C=O) groups excluding carboxylic acids is 1. The average molecular weight is 597 g/mol. The van der Waals surface area contributed by atoms with Crippen molar-refractivity contribution in [3.63, 3.8) is 0 Å². The van der Waals surface area contributed by atoms with Crippen LogP contribution in [-0.2, 0) is 17.6 Å². The van der Waals surface area contributed by atoms with E-state index in [1.807, 2.05) is 6.07 Å². The number of benzene rings is 1. The second-order valence-corrected chi connectivity index (χ2v) is 11.4. The molecule has 1 radical (unpaired) electrons. The molecule has 0 fully saturated rings. The molecule has 0 spiro atoms.